The van der Waals surface area contributed by atoms with Crippen molar-refractivity contribution in [2.24, 2.45) is 0 Å². The van der Waals surface area contributed by atoms with Gasteiger partial charge in [-0.15, -0.1) is 0 Å². The summed E-state index contributed by atoms with van der Waals surface area (Å²) in [7, 11) is 0. The first-order valence-electron chi connectivity index (χ1n) is 3.90. The number of alkyl halides is 1. The van der Waals surface area contributed by atoms with Crippen molar-refractivity contribution in [3.63, 3.8) is 0 Å². The molecular formula is C9H8Br2ClNO. The Morgan fingerprint density at radius 1 is 1.57 bits per heavy atom. The smallest absolute Gasteiger partial charge is 0.237 e. The van der Waals surface area contributed by atoms with Crippen molar-refractivity contribution in [3.05, 3.63) is 27.7 Å². The Labute approximate surface area is 104 Å². The number of hydrogen-bond acceptors (Lipinski definition) is 1. The Balaban J connectivity index is 2.82. The molecule has 76 valence electrons. The van der Waals surface area contributed by atoms with Crippen LogP contribution in [0.1, 0.15) is 6.92 Å². The monoisotopic (exact) mass is 339 g/mol. The van der Waals surface area contributed by atoms with E-state index < -0.39 is 0 Å². The molecule has 2 nitrogen and oxygen atoms in total. The van der Waals surface area contributed by atoms with Crippen LogP contribution < -0.4 is 5.32 Å². The number of anilines is 1. The van der Waals surface area contributed by atoms with Gasteiger partial charge in [-0.2, -0.15) is 0 Å². The normalized spacial score (nSPS) is 12.3. The second-order valence-corrected chi connectivity index (χ2v) is 5.43. The fourth-order valence-corrected chi connectivity index (χ4v) is 1.66. The van der Waals surface area contributed by atoms with Gasteiger partial charge in [-0.05, 0) is 25.1 Å². The largest absolute Gasteiger partial charge is 0.324 e. The van der Waals surface area contributed by atoms with Crippen LogP contribution >= 0.6 is 43.5 Å². The van der Waals surface area contributed by atoms with Crippen molar-refractivity contribution < 1.29 is 4.79 Å². The molecule has 0 aliphatic heterocycles. The number of benzene rings is 1. The highest BCUT2D eigenvalue weighted by Crippen LogP contribution is 2.25. The molecule has 1 rings (SSSR count). The number of rotatable bonds is 2. The molecule has 5 heteroatoms. The van der Waals surface area contributed by atoms with Gasteiger partial charge in [0.05, 0.1) is 15.5 Å². The Morgan fingerprint density at radius 3 is 2.71 bits per heavy atom. The van der Waals surface area contributed by atoms with E-state index in [4.69, 9.17) is 11.6 Å². The minimum absolute atomic E-state index is 0.116. The lowest BCUT2D eigenvalue weighted by atomic mass is 10.3. The van der Waals surface area contributed by atoms with E-state index in [0.29, 0.717) is 10.7 Å². The highest BCUT2D eigenvalue weighted by Gasteiger charge is 2.10. The molecule has 0 unspecified atom stereocenters. The molecule has 0 heterocycles. The molecule has 0 bridgehead atoms. The third-order valence-corrected chi connectivity index (χ3v) is 2.77. The Morgan fingerprint density at radius 2 is 2.21 bits per heavy atom. The predicted molar refractivity (Wildman–Crippen MR) is 66.2 cm³/mol. The summed E-state index contributed by atoms with van der Waals surface area (Å²) in [5.41, 5.74) is 0.617. The van der Waals surface area contributed by atoms with Crippen LogP contribution in [0.4, 0.5) is 5.69 Å². The summed E-state index contributed by atoms with van der Waals surface area (Å²) in [5.74, 6) is -0.116. The average Bonchev–Trinajstić information content (AvgIpc) is 2.09. The summed E-state index contributed by atoms with van der Waals surface area (Å²) in [4.78, 5) is 11.1. The Hall–Kier alpha value is -0.0600. The first kappa shape index (κ1) is 12.0. The lowest BCUT2D eigenvalue weighted by Gasteiger charge is -2.08. The van der Waals surface area contributed by atoms with Gasteiger partial charge in [0.25, 0.3) is 0 Å². The van der Waals surface area contributed by atoms with Crippen molar-refractivity contribution in [3.8, 4) is 0 Å². The number of halogens is 3. The van der Waals surface area contributed by atoms with Gasteiger partial charge in [0.1, 0.15) is 0 Å². The SMILES string of the molecule is C[C@@H](Br)C(=O)Nc1ccc(Br)cc1Cl. The highest BCUT2D eigenvalue weighted by atomic mass is 79.9. The molecule has 0 spiro atoms. The Kier molecular flexibility index (Phi) is 4.41. The van der Waals surface area contributed by atoms with Crippen LogP contribution in [-0.2, 0) is 4.79 Å². The second-order valence-electron chi connectivity index (χ2n) is 2.73. The summed E-state index contributed by atoms with van der Waals surface area (Å²) in [6.45, 7) is 1.75. The minimum Gasteiger partial charge on any atom is -0.324 e. The van der Waals surface area contributed by atoms with Crippen LogP contribution in [0.5, 0.6) is 0 Å². The van der Waals surface area contributed by atoms with Crippen LogP contribution in [0.15, 0.2) is 22.7 Å². The first-order valence-corrected chi connectivity index (χ1v) is 5.99. The summed E-state index contributed by atoms with van der Waals surface area (Å²) >= 11 is 12.4. The van der Waals surface area contributed by atoms with Gasteiger partial charge in [-0.3, -0.25) is 4.79 Å². The fourth-order valence-electron chi connectivity index (χ4n) is 0.823. The zero-order valence-electron chi connectivity index (χ0n) is 7.35. The van der Waals surface area contributed by atoms with Gasteiger partial charge < -0.3 is 5.32 Å². The molecule has 1 aromatic rings. The topological polar surface area (TPSA) is 29.1 Å². The van der Waals surface area contributed by atoms with Crippen LogP contribution in [-0.4, -0.2) is 10.7 Å². The van der Waals surface area contributed by atoms with E-state index in [1.54, 1.807) is 19.1 Å². The molecule has 0 aliphatic carbocycles. The van der Waals surface area contributed by atoms with E-state index in [1.165, 1.54) is 0 Å². The van der Waals surface area contributed by atoms with Crippen molar-refractivity contribution in [2.45, 2.75) is 11.8 Å². The molecule has 1 N–H and O–H groups in total. The van der Waals surface area contributed by atoms with E-state index in [9.17, 15) is 4.79 Å². The van der Waals surface area contributed by atoms with Crippen molar-refractivity contribution >= 4 is 55.1 Å². The quantitative estimate of drug-likeness (QED) is 0.814. The molecule has 1 aromatic carbocycles. The summed E-state index contributed by atoms with van der Waals surface area (Å²) in [6, 6.07) is 5.30. The van der Waals surface area contributed by atoms with Crippen molar-refractivity contribution in [1.29, 1.82) is 0 Å². The lowest BCUT2D eigenvalue weighted by molar-refractivity contribution is -0.115. The molecule has 0 aliphatic rings. The van der Waals surface area contributed by atoms with Gasteiger partial charge in [-0.25, -0.2) is 0 Å². The molecule has 0 radical (unpaired) electrons. The maximum Gasteiger partial charge on any atom is 0.237 e. The second kappa shape index (κ2) is 5.14. The lowest BCUT2D eigenvalue weighted by Crippen LogP contribution is -2.19. The molecule has 1 amide bonds. The maximum atomic E-state index is 11.3. The summed E-state index contributed by atoms with van der Waals surface area (Å²) in [5, 5.41) is 3.21. The van der Waals surface area contributed by atoms with Crippen LogP contribution in [0.25, 0.3) is 0 Å². The van der Waals surface area contributed by atoms with Gasteiger partial charge in [0.15, 0.2) is 0 Å². The zero-order chi connectivity index (χ0) is 10.7. The predicted octanol–water partition coefficient (Wildman–Crippen LogP) is 3.82. The third-order valence-electron chi connectivity index (χ3n) is 1.55. The number of nitrogens with one attached hydrogen (secondary N) is 1. The van der Waals surface area contributed by atoms with Crippen molar-refractivity contribution in [2.75, 3.05) is 5.32 Å². The van der Waals surface area contributed by atoms with E-state index in [1.807, 2.05) is 6.07 Å². The average molecular weight is 341 g/mol. The molecule has 1 atom stereocenters. The molecule has 0 fully saturated rings. The standard InChI is InChI=1S/C9H8Br2ClNO/c1-5(10)9(14)13-8-3-2-6(11)4-7(8)12/h2-5H,1H3,(H,13,14)/t5-/m1/s1. The van der Waals surface area contributed by atoms with Gasteiger partial charge in [0.2, 0.25) is 5.91 Å². The van der Waals surface area contributed by atoms with Gasteiger partial charge in [0, 0.05) is 4.47 Å². The van der Waals surface area contributed by atoms with E-state index in [2.05, 4.69) is 37.2 Å². The van der Waals surface area contributed by atoms with E-state index in [0.717, 1.165) is 4.47 Å². The van der Waals surface area contributed by atoms with E-state index >= 15 is 0 Å². The van der Waals surface area contributed by atoms with Crippen molar-refractivity contribution in [1.82, 2.24) is 0 Å². The number of carbonyl (C=O) groups is 1. The van der Waals surface area contributed by atoms with Gasteiger partial charge in [-0.1, -0.05) is 43.5 Å². The maximum absolute atomic E-state index is 11.3. The zero-order valence-corrected chi connectivity index (χ0v) is 11.3. The molecule has 0 saturated heterocycles. The highest BCUT2D eigenvalue weighted by molar-refractivity contribution is 9.10. The third kappa shape index (κ3) is 3.26. The molecular weight excluding hydrogens is 333 g/mol. The number of amides is 1. The first-order chi connectivity index (χ1) is 6.50. The Bertz CT molecular complexity index is 355. The van der Waals surface area contributed by atoms with Crippen LogP contribution in [0.2, 0.25) is 5.02 Å². The van der Waals surface area contributed by atoms with E-state index in [-0.39, 0.29) is 10.7 Å². The van der Waals surface area contributed by atoms with Crippen LogP contribution in [0.3, 0.4) is 0 Å². The fraction of sp³-hybridized carbons (Fsp3) is 0.222. The van der Waals surface area contributed by atoms with Crippen LogP contribution in [0, 0.1) is 0 Å². The summed E-state index contributed by atoms with van der Waals surface area (Å²) < 4.78 is 0.882. The molecule has 14 heavy (non-hydrogen) atoms. The molecule has 0 saturated carbocycles. The van der Waals surface area contributed by atoms with Gasteiger partial charge >= 0.3 is 0 Å². The summed E-state index contributed by atoms with van der Waals surface area (Å²) in [6.07, 6.45) is 0. The number of hydrogen-bond donors (Lipinski definition) is 1. The molecule has 0 aromatic heterocycles. The number of carbonyl (C=O) groups excluding carboxylic acids is 1. The minimum atomic E-state index is -0.234.